The molecular formula is C26H33N. The van der Waals surface area contributed by atoms with Crippen LogP contribution >= 0.6 is 0 Å². The second-order valence-corrected chi connectivity index (χ2v) is 10.8. The van der Waals surface area contributed by atoms with Gasteiger partial charge < -0.3 is 0 Å². The molecule has 3 fully saturated rings. The van der Waals surface area contributed by atoms with Crippen molar-refractivity contribution in [1.29, 1.82) is 5.26 Å². The lowest BCUT2D eigenvalue weighted by atomic mass is 9.47. The Morgan fingerprint density at radius 3 is 2.67 bits per heavy atom. The Balaban J connectivity index is 1.62. The molecule has 0 aromatic heterocycles. The first-order valence-corrected chi connectivity index (χ1v) is 11.0. The van der Waals surface area contributed by atoms with Crippen LogP contribution in [0.25, 0.3) is 0 Å². The minimum Gasteiger partial charge on any atom is -0.198 e. The van der Waals surface area contributed by atoms with Crippen molar-refractivity contribution in [3.63, 3.8) is 0 Å². The summed E-state index contributed by atoms with van der Waals surface area (Å²) in [6.07, 6.45) is 15.8. The molecule has 0 N–H and O–H groups in total. The molecule has 1 nitrogen and oxygen atoms in total. The fourth-order valence-electron chi connectivity index (χ4n) is 8.06. The predicted molar refractivity (Wildman–Crippen MR) is 111 cm³/mol. The molecular weight excluding hydrogens is 326 g/mol. The summed E-state index contributed by atoms with van der Waals surface area (Å²) in [6.45, 7) is 13.6. The lowest BCUT2D eigenvalue weighted by molar-refractivity contribution is 0.0124. The van der Waals surface area contributed by atoms with Gasteiger partial charge in [-0.15, -0.1) is 0 Å². The van der Waals surface area contributed by atoms with E-state index in [1.165, 1.54) is 61.7 Å². The van der Waals surface area contributed by atoms with Crippen molar-refractivity contribution in [1.82, 2.24) is 0 Å². The van der Waals surface area contributed by atoms with Gasteiger partial charge in [-0.25, -0.2) is 0 Å². The van der Waals surface area contributed by atoms with Crippen molar-refractivity contribution in [3.8, 4) is 6.07 Å². The summed E-state index contributed by atoms with van der Waals surface area (Å²) in [4.78, 5) is 0. The number of hydrogen-bond acceptors (Lipinski definition) is 1. The number of fused-ring (bicyclic) bond motifs is 6. The zero-order valence-electron chi connectivity index (χ0n) is 17.1. The van der Waals surface area contributed by atoms with Crippen LogP contribution in [0.15, 0.2) is 47.6 Å². The van der Waals surface area contributed by atoms with Crippen LogP contribution in [-0.2, 0) is 0 Å². The Bertz CT molecular complexity index is 835. The van der Waals surface area contributed by atoms with Crippen molar-refractivity contribution in [2.24, 2.45) is 34.0 Å². The number of rotatable bonds is 0. The Hall–Kier alpha value is -1.55. The van der Waals surface area contributed by atoms with E-state index in [0.29, 0.717) is 22.7 Å². The van der Waals surface area contributed by atoms with Crippen molar-refractivity contribution >= 4 is 0 Å². The van der Waals surface area contributed by atoms with Gasteiger partial charge in [-0.3, -0.25) is 0 Å². The molecule has 142 valence electrons. The van der Waals surface area contributed by atoms with Gasteiger partial charge in [-0.1, -0.05) is 61.4 Å². The molecule has 0 bridgehead atoms. The molecule has 0 heterocycles. The van der Waals surface area contributed by atoms with Gasteiger partial charge in [0.05, 0.1) is 12.0 Å². The van der Waals surface area contributed by atoms with E-state index in [0.717, 1.165) is 12.8 Å². The zero-order chi connectivity index (χ0) is 19.0. The number of nitrogens with zero attached hydrogens (tertiary/aromatic N) is 1. The van der Waals surface area contributed by atoms with Crippen LogP contribution in [0.2, 0.25) is 0 Å². The summed E-state index contributed by atoms with van der Waals surface area (Å²) >= 11 is 0. The topological polar surface area (TPSA) is 23.8 Å². The first-order chi connectivity index (χ1) is 12.8. The van der Waals surface area contributed by atoms with Crippen LogP contribution in [0, 0.1) is 45.3 Å². The third-order valence-electron chi connectivity index (χ3n) is 9.76. The molecule has 6 atom stereocenters. The summed E-state index contributed by atoms with van der Waals surface area (Å²) in [5.41, 5.74) is 6.81. The smallest absolute Gasteiger partial charge is 0.0665 e. The average molecular weight is 360 g/mol. The minimum atomic E-state index is 0.144. The minimum absolute atomic E-state index is 0.144. The Morgan fingerprint density at radius 1 is 1.15 bits per heavy atom. The molecule has 0 aromatic rings. The van der Waals surface area contributed by atoms with Gasteiger partial charge in [0, 0.05) is 11.3 Å². The Morgan fingerprint density at radius 2 is 1.96 bits per heavy atom. The van der Waals surface area contributed by atoms with E-state index >= 15 is 0 Å². The fraction of sp³-hybridized carbons (Fsp3) is 0.654. The van der Waals surface area contributed by atoms with Crippen molar-refractivity contribution < 1.29 is 0 Å². The maximum Gasteiger partial charge on any atom is 0.0665 e. The normalized spacial score (nSPS) is 48.4. The van der Waals surface area contributed by atoms with E-state index in [4.69, 9.17) is 0 Å². The van der Waals surface area contributed by atoms with Crippen molar-refractivity contribution in [2.45, 2.75) is 71.6 Å². The molecule has 1 spiro atoms. The highest BCUT2D eigenvalue weighted by Crippen LogP contribution is 2.72. The summed E-state index contributed by atoms with van der Waals surface area (Å²) < 4.78 is 0. The molecule has 5 aliphatic carbocycles. The summed E-state index contributed by atoms with van der Waals surface area (Å²) in [5.74, 6) is 1.29. The lowest BCUT2D eigenvalue weighted by Gasteiger charge is -2.57. The number of allylic oxidation sites excluding steroid dienone is 6. The molecule has 3 saturated carbocycles. The van der Waals surface area contributed by atoms with Crippen LogP contribution in [0.4, 0.5) is 0 Å². The second kappa shape index (κ2) is 5.50. The van der Waals surface area contributed by atoms with E-state index in [-0.39, 0.29) is 11.3 Å². The predicted octanol–water partition coefficient (Wildman–Crippen LogP) is 6.90. The third kappa shape index (κ3) is 2.11. The van der Waals surface area contributed by atoms with E-state index in [1.807, 2.05) is 0 Å². The monoisotopic (exact) mass is 359 g/mol. The van der Waals surface area contributed by atoms with E-state index in [1.54, 1.807) is 5.57 Å². The van der Waals surface area contributed by atoms with Crippen LogP contribution in [-0.4, -0.2) is 0 Å². The first-order valence-electron chi connectivity index (χ1n) is 11.0. The van der Waals surface area contributed by atoms with E-state index in [2.05, 4.69) is 45.2 Å². The van der Waals surface area contributed by atoms with E-state index in [9.17, 15) is 5.26 Å². The van der Waals surface area contributed by atoms with Gasteiger partial charge in [0.15, 0.2) is 0 Å². The molecule has 0 radical (unpaired) electrons. The van der Waals surface area contributed by atoms with Crippen LogP contribution in [0.3, 0.4) is 0 Å². The van der Waals surface area contributed by atoms with Crippen molar-refractivity contribution in [2.75, 3.05) is 0 Å². The van der Waals surface area contributed by atoms with Gasteiger partial charge >= 0.3 is 0 Å². The standard InChI is InChI=1S/C26H33N/c1-17-5-9-24(3)20(13-17)14-19(16-27)23-21(24)7-10-25(4)22(23)8-12-26(25)11-6-18(2)15-26/h7,13,19,22-23H,1-2,5-6,8-12,14-15H2,3-4H3/t19?,22?,23?,24?,25?,26-/m1/s1. The Labute approximate surface area is 164 Å². The van der Waals surface area contributed by atoms with Crippen LogP contribution < -0.4 is 0 Å². The molecule has 0 aromatic carbocycles. The summed E-state index contributed by atoms with van der Waals surface area (Å²) in [5, 5.41) is 10.1. The number of nitriles is 1. The molecule has 0 saturated heterocycles. The van der Waals surface area contributed by atoms with Gasteiger partial charge in [0.2, 0.25) is 0 Å². The SMILES string of the molecule is C=C1C=C2CC(C#N)C3C(=CCC4(C)C3CC[C@@]43CCC(=C)C3)C2(C)CC1. The second-order valence-electron chi connectivity index (χ2n) is 10.8. The maximum absolute atomic E-state index is 10.1. The quantitative estimate of drug-likeness (QED) is 0.431. The van der Waals surface area contributed by atoms with Crippen molar-refractivity contribution in [3.05, 3.63) is 47.6 Å². The summed E-state index contributed by atoms with van der Waals surface area (Å²) in [6, 6.07) is 2.76. The summed E-state index contributed by atoms with van der Waals surface area (Å²) in [7, 11) is 0. The fourth-order valence-corrected chi connectivity index (χ4v) is 8.06. The molecule has 5 aliphatic rings. The van der Waals surface area contributed by atoms with Gasteiger partial charge in [0.1, 0.15) is 0 Å². The highest BCUT2D eigenvalue weighted by atomic mass is 14.7. The first kappa shape index (κ1) is 17.5. The average Bonchev–Trinajstić information content (AvgIpc) is 3.16. The zero-order valence-corrected chi connectivity index (χ0v) is 17.1. The third-order valence-corrected chi connectivity index (χ3v) is 9.76. The molecule has 1 heteroatoms. The van der Waals surface area contributed by atoms with Gasteiger partial charge in [-0.2, -0.15) is 5.26 Å². The molecule has 27 heavy (non-hydrogen) atoms. The molecule has 0 aliphatic heterocycles. The molecule has 0 amide bonds. The Kier molecular flexibility index (Phi) is 3.57. The van der Waals surface area contributed by atoms with E-state index < -0.39 is 0 Å². The van der Waals surface area contributed by atoms with Gasteiger partial charge in [0.25, 0.3) is 0 Å². The maximum atomic E-state index is 10.1. The molecule has 5 unspecified atom stereocenters. The van der Waals surface area contributed by atoms with Crippen LogP contribution in [0.5, 0.6) is 0 Å². The highest BCUT2D eigenvalue weighted by Gasteiger charge is 2.64. The highest BCUT2D eigenvalue weighted by molar-refractivity contribution is 5.45. The lowest BCUT2D eigenvalue weighted by Crippen LogP contribution is -2.49. The van der Waals surface area contributed by atoms with Gasteiger partial charge in [-0.05, 0) is 74.5 Å². The largest absolute Gasteiger partial charge is 0.198 e. The van der Waals surface area contributed by atoms with Crippen LogP contribution in [0.1, 0.15) is 71.6 Å². The number of hydrogen-bond donors (Lipinski definition) is 0. The molecule has 5 rings (SSSR count).